The van der Waals surface area contributed by atoms with Gasteiger partial charge in [0.25, 0.3) is 0 Å². The fourth-order valence-electron chi connectivity index (χ4n) is 0.0349. The largest absolute Gasteiger partial charge is 0.656 e. The van der Waals surface area contributed by atoms with E-state index in [0.717, 1.165) is 0 Å². The molecule has 0 aromatic carbocycles. The summed E-state index contributed by atoms with van der Waals surface area (Å²) in [6.07, 6.45) is 0. The molecule has 0 saturated heterocycles. The molecule has 0 bridgehead atoms. The van der Waals surface area contributed by atoms with Gasteiger partial charge in [0.2, 0.25) is 0 Å². The van der Waals surface area contributed by atoms with Gasteiger partial charge in [-0.3, -0.25) is 5.21 Å². The van der Waals surface area contributed by atoms with E-state index in [-0.39, 0.29) is 0 Å². The molecule has 0 amide bonds. The first-order valence-electron chi connectivity index (χ1n) is 1.33. The van der Waals surface area contributed by atoms with Crippen molar-refractivity contribution in [2.75, 3.05) is 0 Å². The molecule has 0 rings (SSSR count). The highest BCUT2D eigenvalue weighted by Gasteiger charge is 2.33. The summed E-state index contributed by atoms with van der Waals surface area (Å²) in [7, 11) is -7.75. The van der Waals surface area contributed by atoms with E-state index in [9.17, 15) is 13.0 Å². The van der Waals surface area contributed by atoms with Crippen LogP contribution in [0.5, 0.6) is 0 Å². The Balaban J connectivity index is 4.42. The molecule has 6 nitrogen and oxygen atoms in total. The molecule has 0 radical (unpaired) electrons. The van der Waals surface area contributed by atoms with Gasteiger partial charge in [0, 0.05) is 0 Å². The third kappa shape index (κ3) is 1.81. The number of hydrogen-bond donors (Lipinski definition) is 3. The lowest BCUT2D eigenvalue weighted by atomic mass is 13.5. The molecule has 0 aliphatic rings. The first-order valence-corrected chi connectivity index (χ1v) is 4.63. The molecule has 1 unspecified atom stereocenters. The Morgan fingerprint density at radius 1 is 1.50 bits per heavy atom. The van der Waals surface area contributed by atoms with Crippen molar-refractivity contribution in [3.05, 3.63) is 0 Å². The summed E-state index contributed by atoms with van der Waals surface area (Å²) in [6, 6.07) is 0. The molecular weight excluding hydrogens is 157 g/mol. The van der Waals surface area contributed by atoms with Crippen molar-refractivity contribution in [2.45, 2.75) is 0 Å². The van der Waals surface area contributed by atoms with Crippen LogP contribution in [-0.4, -0.2) is 18.5 Å². The van der Waals surface area contributed by atoms with Gasteiger partial charge >= 0.3 is 16.9 Å². The average molecular weight is 160 g/mol. The van der Waals surface area contributed by atoms with Gasteiger partial charge in [0.15, 0.2) is 0 Å². The number of nitrogens with one attached hydrogen (secondary N) is 1. The maximum atomic E-state index is 9.80. The smallest absolute Gasteiger partial charge is 0.299 e. The quantitative estimate of drug-likeness (QED) is 0.353. The molecular formula is H3NO5PS+. The fourth-order valence-corrected chi connectivity index (χ4v) is 0.314. The summed E-state index contributed by atoms with van der Waals surface area (Å²) in [5.41, 5.74) is 0. The monoisotopic (exact) mass is 160 g/mol. The molecule has 0 aliphatic carbocycles. The Bertz CT molecular complexity index is 179. The average Bonchev–Trinajstić information content (AvgIpc) is 1.67. The Labute approximate surface area is 45.8 Å². The molecule has 0 aromatic heterocycles. The predicted molar refractivity (Wildman–Crippen MR) is 23.7 cm³/mol. The highest BCUT2D eigenvalue weighted by atomic mass is 32.8. The highest BCUT2D eigenvalue weighted by Crippen LogP contribution is 2.20. The number of rotatable bonds is 2. The van der Waals surface area contributed by atoms with Crippen molar-refractivity contribution >= 4 is 16.9 Å². The van der Waals surface area contributed by atoms with Crippen LogP contribution in [0.2, 0.25) is 0 Å². The van der Waals surface area contributed by atoms with Gasteiger partial charge in [0.1, 0.15) is 0 Å². The molecule has 1 atom stereocenters. The molecule has 3 N–H and O–H groups in total. The Kier molecular flexibility index (Phi) is 2.45. The van der Waals surface area contributed by atoms with Gasteiger partial charge in [-0.05, 0) is 4.57 Å². The lowest BCUT2D eigenvalue weighted by molar-refractivity contribution is 0.245. The minimum atomic E-state index is -4.37. The zero-order chi connectivity index (χ0) is 6.78. The lowest BCUT2D eigenvalue weighted by Gasteiger charge is -1.77. The van der Waals surface area contributed by atoms with Crippen LogP contribution >= 0.6 is 7.23 Å². The van der Waals surface area contributed by atoms with Crippen LogP contribution in [0.15, 0.2) is 0 Å². The van der Waals surface area contributed by atoms with E-state index in [1.54, 1.807) is 0 Å². The van der Waals surface area contributed by atoms with Crippen molar-refractivity contribution in [1.29, 1.82) is 0 Å². The zero-order valence-corrected chi connectivity index (χ0v) is 5.19. The van der Waals surface area contributed by atoms with Crippen LogP contribution < -0.4 is 4.89 Å². The molecule has 0 saturated carbocycles. The predicted octanol–water partition coefficient (Wildman–Crippen LogP) is -1.06. The fraction of sp³-hybridized carbons (Fsp3) is 0. The molecule has 8 heavy (non-hydrogen) atoms. The van der Waals surface area contributed by atoms with Crippen molar-refractivity contribution in [2.24, 2.45) is 0 Å². The summed E-state index contributed by atoms with van der Waals surface area (Å²) < 4.78 is 29.2. The Morgan fingerprint density at radius 2 is 1.88 bits per heavy atom. The second-order valence-corrected chi connectivity index (χ2v) is 4.79. The molecule has 0 spiro atoms. The van der Waals surface area contributed by atoms with Crippen molar-refractivity contribution < 1.29 is 23.1 Å². The third-order valence-corrected chi connectivity index (χ3v) is 2.44. The Morgan fingerprint density at radius 3 is 1.88 bits per heavy atom. The van der Waals surface area contributed by atoms with E-state index in [0.29, 0.717) is 4.89 Å². The van der Waals surface area contributed by atoms with E-state index in [4.69, 9.17) is 10.1 Å². The maximum absolute atomic E-state index is 9.80. The first-order chi connectivity index (χ1) is 3.50. The topological polar surface area (TPSA) is 104 Å². The molecule has 0 heterocycles. The molecule has 0 fully saturated rings. The maximum Gasteiger partial charge on any atom is 0.656 e. The highest BCUT2D eigenvalue weighted by molar-refractivity contribution is 8.42. The van der Waals surface area contributed by atoms with Crippen LogP contribution in [0.1, 0.15) is 0 Å². The second-order valence-electron chi connectivity index (χ2n) is 0.804. The van der Waals surface area contributed by atoms with E-state index in [1.807, 2.05) is 0 Å². The molecule has 0 aromatic rings. The molecule has 48 valence electrons. The van der Waals surface area contributed by atoms with Crippen LogP contribution in [0.3, 0.4) is 0 Å². The van der Waals surface area contributed by atoms with Crippen LogP contribution in [0.4, 0.5) is 0 Å². The zero-order valence-electron chi connectivity index (χ0n) is 3.47. The standard InChI is InChI=1S/H2NO5PS/c2-1-8(5,6)7(3)4/h1-2H/p+1. The van der Waals surface area contributed by atoms with E-state index in [1.165, 1.54) is 0 Å². The van der Waals surface area contributed by atoms with Gasteiger partial charge < -0.3 is 0 Å². The van der Waals surface area contributed by atoms with Gasteiger partial charge in [-0.2, -0.15) is 8.42 Å². The van der Waals surface area contributed by atoms with Gasteiger partial charge in [-0.15, -0.1) is 4.89 Å². The SMILES string of the molecule is O=[P+](O)S(=O)(=O)NO. The van der Waals surface area contributed by atoms with Crippen molar-refractivity contribution in [1.82, 2.24) is 4.89 Å². The third-order valence-electron chi connectivity index (χ3n) is 0.321. The summed E-state index contributed by atoms with van der Waals surface area (Å²) >= 11 is 0. The molecule has 8 heteroatoms. The first kappa shape index (κ1) is 7.93. The Hall–Kier alpha value is -0.0700. The van der Waals surface area contributed by atoms with Crippen LogP contribution in [0.25, 0.3) is 0 Å². The second kappa shape index (κ2) is 2.47. The van der Waals surface area contributed by atoms with Crippen molar-refractivity contribution in [3.63, 3.8) is 0 Å². The summed E-state index contributed by atoms with van der Waals surface area (Å²) in [6.45, 7) is 0. The minimum Gasteiger partial charge on any atom is -0.299 e. The summed E-state index contributed by atoms with van der Waals surface area (Å²) in [4.78, 5) is 8.46. The lowest BCUT2D eigenvalue weighted by Crippen LogP contribution is -2.14. The minimum absolute atomic E-state index is 0.679. The van der Waals surface area contributed by atoms with Crippen molar-refractivity contribution in [3.8, 4) is 0 Å². The summed E-state index contributed by atoms with van der Waals surface area (Å²) in [5, 5.41) is 7.58. The van der Waals surface area contributed by atoms with Gasteiger partial charge in [-0.1, -0.05) is 4.89 Å². The van der Waals surface area contributed by atoms with E-state index in [2.05, 4.69) is 0 Å². The summed E-state index contributed by atoms with van der Waals surface area (Å²) in [5.74, 6) is 0. The van der Waals surface area contributed by atoms with Gasteiger partial charge in [0.05, 0.1) is 0 Å². The van der Waals surface area contributed by atoms with Gasteiger partial charge in [-0.25, -0.2) is 0 Å². The number of hydrogen-bond acceptors (Lipinski definition) is 4. The molecule has 0 aliphatic heterocycles. The normalized spacial score (nSPS) is 13.5. The van der Waals surface area contributed by atoms with E-state index >= 15 is 0 Å². The van der Waals surface area contributed by atoms with Crippen LogP contribution in [0, 0.1) is 0 Å². The van der Waals surface area contributed by atoms with E-state index < -0.39 is 16.9 Å². The van der Waals surface area contributed by atoms with Crippen LogP contribution in [-0.2, 0) is 14.2 Å².